The van der Waals surface area contributed by atoms with Crippen molar-refractivity contribution in [3.05, 3.63) is 12.4 Å². The molecule has 1 aromatic rings. The molecule has 0 radical (unpaired) electrons. The highest BCUT2D eigenvalue weighted by atomic mass is 16.2. The lowest BCUT2D eigenvalue weighted by molar-refractivity contribution is -0.121. The molecule has 1 aromatic heterocycles. The molecule has 0 aliphatic heterocycles. The smallest absolute Gasteiger partial charge is 0.242 e. The minimum absolute atomic E-state index is 0.0667. The van der Waals surface area contributed by atoms with Gasteiger partial charge in [0.05, 0.1) is 12.4 Å². The summed E-state index contributed by atoms with van der Waals surface area (Å²) in [5.74, 6) is 1.18. The van der Waals surface area contributed by atoms with Crippen LogP contribution in [0.15, 0.2) is 12.4 Å². The summed E-state index contributed by atoms with van der Waals surface area (Å²) in [4.78, 5) is 19.6. The van der Waals surface area contributed by atoms with Crippen LogP contribution >= 0.6 is 0 Å². The van der Waals surface area contributed by atoms with Crippen LogP contribution in [0, 0.1) is 5.92 Å². The van der Waals surface area contributed by atoms with Crippen LogP contribution in [0.25, 0.3) is 0 Å². The number of carbonyl (C=O) groups excluding carboxylic acids is 1. The van der Waals surface area contributed by atoms with Crippen LogP contribution in [-0.2, 0) is 4.79 Å². The van der Waals surface area contributed by atoms with Gasteiger partial charge in [-0.15, -0.1) is 0 Å². The van der Waals surface area contributed by atoms with Crippen molar-refractivity contribution in [3.63, 3.8) is 0 Å². The van der Waals surface area contributed by atoms with Gasteiger partial charge in [-0.05, 0) is 12.8 Å². The van der Waals surface area contributed by atoms with E-state index in [-0.39, 0.29) is 11.9 Å². The average molecular weight is 237 g/mol. The molecule has 1 rings (SSSR count). The normalized spacial score (nSPS) is 12.2. The Bertz CT molecular complexity index is 380. The van der Waals surface area contributed by atoms with E-state index in [1.807, 2.05) is 13.8 Å². The molecule has 1 unspecified atom stereocenters. The summed E-state index contributed by atoms with van der Waals surface area (Å²) in [5, 5.41) is 5.78. The standard InChI is InChI=1S/C11H19N5O/c1-7(2)4-14-11(17)8(3)15-10-6-13-5-9(12)16-10/h5-8H,4H2,1-3H3,(H,14,17)(H3,12,15,16). The van der Waals surface area contributed by atoms with E-state index < -0.39 is 0 Å². The van der Waals surface area contributed by atoms with Gasteiger partial charge in [-0.25, -0.2) is 4.98 Å². The minimum atomic E-state index is -0.371. The van der Waals surface area contributed by atoms with Crippen LogP contribution in [0.1, 0.15) is 20.8 Å². The monoisotopic (exact) mass is 237 g/mol. The van der Waals surface area contributed by atoms with E-state index in [1.54, 1.807) is 6.92 Å². The number of nitrogen functional groups attached to an aromatic ring is 1. The van der Waals surface area contributed by atoms with E-state index in [1.165, 1.54) is 12.4 Å². The van der Waals surface area contributed by atoms with Gasteiger partial charge < -0.3 is 16.4 Å². The minimum Gasteiger partial charge on any atom is -0.382 e. The van der Waals surface area contributed by atoms with E-state index in [0.29, 0.717) is 24.1 Å². The van der Waals surface area contributed by atoms with E-state index in [2.05, 4.69) is 20.6 Å². The van der Waals surface area contributed by atoms with Crippen molar-refractivity contribution >= 4 is 17.5 Å². The molecule has 0 bridgehead atoms. The zero-order valence-corrected chi connectivity index (χ0v) is 10.4. The van der Waals surface area contributed by atoms with Crippen LogP contribution < -0.4 is 16.4 Å². The maximum atomic E-state index is 11.7. The number of amides is 1. The molecule has 0 aromatic carbocycles. The van der Waals surface area contributed by atoms with E-state index in [4.69, 9.17) is 5.73 Å². The molecule has 1 atom stereocenters. The summed E-state index contributed by atoms with van der Waals surface area (Å²) < 4.78 is 0. The van der Waals surface area contributed by atoms with Gasteiger partial charge in [-0.2, -0.15) is 0 Å². The van der Waals surface area contributed by atoms with Crippen LogP contribution in [0.2, 0.25) is 0 Å². The average Bonchev–Trinajstić information content (AvgIpc) is 2.25. The van der Waals surface area contributed by atoms with Crippen molar-refractivity contribution in [1.82, 2.24) is 15.3 Å². The van der Waals surface area contributed by atoms with Crippen LogP contribution in [0.4, 0.5) is 11.6 Å². The Labute approximate surface area is 101 Å². The first-order valence-corrected chi connectivity index (χ1v) is 5.60. The third-order valence-corrected chi connectivity index (χ3v) is 2.10. The number of nitrogens with zero attached hydrogens (tertiary/aromatic N) is 2. The molecule has 1 amide bonds. The predicted octanol–water partition coefficient (Wildman–Crippen LogP) is 0.631. The Morgan fingerprint density at radius 3 is 2.71 bits per heavy atom. The molecule has 6 heteroatoms. The molecule has 4 N–H and O–H groups in total. The summed E-state index contributed by atoms with van der Waals surface area (Å²) in [5.41, 5.74) is 5.49. The van der Waals surface area contributed by atoms with Crippen molar-refractivity contribution < 1.29 is 4.79 Å². The molecule has 17 heavy (non-hydrogen) atoms. The summed E-state index contributed by atoms with van der Waals surface area (Å²) in [6.45, 7) is 6.51. The summed E-state index contributed by atoms with van der Waals surface area (Å²) in [6.07, 6.45) is 2.98. The van der Waals surface area contributed by atoms with Crippen LogP contribution in [0.3, 0.4) is 0 Å². The van der Waals surface area contributed by atoms with Gasteiger partial charge in [0.1, 0.15) is 17.7 Å². The molecule has 94 valence electrons. The highest BCUT2D eigenvalue weighted by Crippen LogP contribution is 2.04. The third kappa shape index (κ3) is 4.67. The van der Waals surface area contributed by atoms with Gasteiger partial charge in [0, 0.05) is 6.54 Å². The summed E-state index contributed by atoms with van der Waals surface area (Å²) >= 11 is 0. The predicted molar refractivity (Wildman–Crippen MR) is 67.4 cm³/mol. The van der Waals surface area contributed by atoms with Gasteiger partial charge >= 0.3 is 0 Å². The lowest BCUT2D eigenvalue weighted by Crippen LogP contribution is -2.39. The van der Waals surface area contributed by atoms with Crippen LogP contribution in [0.5, 0.6) is 0 Å². The number of nitrogens with two attached hydrogens (primary N) is 1. The second-order valence-electron chi connectivity index (χ2n) is 4.33. The number of nitrogens with one attached hydrogen (secondary N) is 2. The van der Waals surface area contributed by atoms with E-state index in [9.17, 15) is 4.79 Å². The first-order chi connectivity index (χ1) is 7.99. The number of hydrogen-bond donors (Lipinski definition) is 3. The molecule has 0 spiro atoms. The van der Waals surface area contributed by atoms with Crippen molar-refractivity contribution in [2.45, 2.75) is 26.8 Å². The van der Waals surface area contributed by atoms with Gasteiger partial charge in [-0.3, -0.25) is 9.78 Å². The first-order valence-electron chi connectivity index (χ1n) is 5.60. The second kappa shape index (κ2) is 6.03. The van der Waals surface area contributed by atoms with Crippen LogP contribution in [-0.4, -0.2) is 28.5 Å². The third-order valence-electron chi connectivity index (χ3n) is 2.10. The fourth-order valence-corrected chi connectivity index (χ4v) is 1.20. The molecule has 0 aliphatic carbocycles. The van der Waals surface area contributed by atoms with Gasteiger partial charge in [0.25, 0.3) is 0 Å². The first kappa shape index (κ1) is 13.2. The fraction of sp³-hybridized carbons (Fsp3) is 0.545. The second-order valence-corrected chi connectivity index (χ2v) is 4.33. The topological polar surface area (TPSA) is 92.9 Å². The van der Waals surface area contributed by atoms with Crippen molar-refractivity contribution in [1.29, 1.82) is 0 Å². The van der Waals surface area contributed by atoms with Crippen molar-refractivity contribution in [3.8, 4) is 0 Å². The fourth-order valence-electron chi connectivity index (χ4n) is 1.20. The molecule has 0 saturated heterocycles. The molecule has 1 heterocycles. The Kier molecular flexibility index (Phi) is 4.68. The maximum Gasteiger partial charge on any atom is 0.242 e. The van der Waals surface area contributed by atoms with Gasteiger partial charge in [-0.1, -0.05) is 13.8 Å². The molecular formula is C11H19N5O. The van der Waals surface area contributed by atoms with Gasteiger partial charge in [0.15, 0.2) is 0 Å². The Morgan fingerprint density at radius 2 is 2.12 bits per heavy atom. The largest absolute Gasteiger partial charge is 0.382 e. The molecule has 6 nitrogen and oxygen atoms in total. The highest BCUT2D eigenvalue weighted by Gasteiger charge is 2.13. The van der Waals surface area contributed by atoms with Crippen molar-refractivity contribution in [2.75, 3.05) is 17.6 Å². The number of carbonyl (C=O) groups is 1. The lowest BCUT2D eigenvalue weighted by atomic mass is 10.2. The summed E-state index contributed by atoms with van der Waals surface area (Å²) in [7, 11) is 0. The molecule has 0 saturated carbocycles. The number of rotatable bonds is 5. The highest BCUT2D eigenvalue weighted by molar-refractivity contribution is 5.83. The Hall–Kier alpha value is -1.85. The van der Waals surface area contributed by atoms with Crippen molar-refractivity contribution in [2.24, 2.45) is 5.92 Å². The molecule has 0 fully saturated rings. The lowest BCUT2D eigenvalue weighted by Gasteiger charge is -2.15. The zero-order chi connectivity index (χ0) is 12.8. The summed E-state index contributed by atoms with van der Waals surface area (Å²) in [6, 6.07) is -0.371. The molecule has 0 aliphatic rings. The van der Waals surface area contributed by atoms with E-state index in [0.717, 1.165) is 0 Å². The number of aromatic nitrogens is 2. The quantitative estimate of drug-likeness (QED) is 0.698. The van der Waals surface area contributed by atoms with E-state index >= 15 is 0 Å². The Morgan fingerprint density at radius 1 is 1.41 bits per heavy atom. The zero-order valence-electron chi connectivity index (χ0n) is 10.4. The number of hydrogen-bond acceptors (Lipinski definition) is 5. The molecular weight excluding hydrogens is 218 g/mol. The number of anilines is 2. The Balaban J connectivity index is 2.48. The SMILES string of the molecule is CC(C)CNC(=O)C(C)Nc1cncc(N)n1. The maximum absolute atomic E-state index is 11.7. The van der Waals surface area contributed by atoms with Gasteiger partial charge in [0.2, 0.25) is 5.91 Å².